The number of nitrogens with one attached hydrogen (secondary N) is 2. The van der Waals surface area contributed by atoms with E-state index in [1.807, 2.05) is 17.2 Å². The number of H-pyrrole nitrogens is 2. The Morgan fingerprint density at radius 3 is 2.80 bits per heavy atom. The van der Waals surface area contributed by atoms with Crippen LogP contribution in [0.15, 0.2) is 29.2 Å². The van der Waals surface area contributed by atoms with E-state index in [9.17, 15) is 9.59 Å². The van der Waals surface area contributed by atoms with Gasteiger partial charge in [0.1, 0.15) is 5.82 Å². The SMILES string of the molecule is CC1c2cn[nH]c2CCC1C(=O)N1CCN(c2cccc(=O)[nH]2)CC1. The number of hydrogen-bond acceptors (Lipinski definition) is 4. The predicted octanol–water partition coefficient (Wildman–Crippen LogP) is 1.11. The number of pyridine rings is 1. The Balaban J connectivity index is 1.41. The molecule has 0 spiro atoms. The molecule has 1 aliphatic carbocycles. The number of nitrogens with zero attached hydrogens (tertiary/aromatic N) is 3. The third kappa shape index (κ3) is 2.94. The summed E-state index contributed by atoms with van der Waals surface area (Å²) >= 11 is 0. The zero-order valence-corrected chi connectivity index (χ0v) is 14.4. The molecule has 0 bridgehead atoms. The number of rotatable bonds is 2. The molecule has 2 unspecified atom stereocenters. The molecule has 0 radical (unpaired) electrons. The summed E-state index contributed by atoms with van der Waals surface area (Å²) in [5.41, 5.74) is 2.27. The first-order chi connectivity index (χ1) is 12.1. The standard InChI is InChI=1S/C18H23N5O2/c1-12-13(5-6-15-14(12)11-19-21-15)18(25)23-9-7-22(8-10-23)16-3-2-4-17(24)20-16/h2-4,11-13H,5-10H2,1H3,(H,19,21)(H,20,24). The van der Waals surface area contributed by atoms with Gasteiger partial charge in [-0.15, -0.1) is 0 Å². The molecule has 0 aromatic carbocycles. The molecular formula is C18H23N5O2. The topological polar surface area (TPSA) is 85.1 Å². The Morgan fingerprint density at radius 1 is 1.24 bits per heavy atom. The van der Waals surface area contributed by atoms with Gasteiger partial charge in [-0.1, -0.05) is 13.0 Å². The highest BCUT2D eigenvalue weighted by atomic mass is 16.2. The average Bonchev–Trinajstić information content (AvgIpc) is 3.11. The van der Waals surface area contributed by atoms with E-state index in [1.54, 1.807) is 6.07 Å². The highest BCUT2D eigenvalue weighted by molar-refractivity contribution is 5.80. The Kier molecular flexibility index (Phi) is 4.07. The Labute approximate surface area is 146 Å². The van der Waals surface area contributed by atoms with Crippen molar-refractivity contribution < 1.29 is 4.79 Å². The van der Waals surface area contributed by atoms with Crippen LogP contribution in [0.3, 0.4) is 0 Å². The van der Waals surface area contributed by atoms with Gasteiger partial charge < -0.3 is 14.8 Å². The summed E-state index contributed by atoms with van der Waals surface area (Å²) in [4.78, 5) is 31.4. The molecule has 4 rings (SSSR count). The summed E-state index contributed by atoms with van der Waals surface area (Å²) < 4.78 is 0. The zero-order valence-electron chi connectivity index (χ0n) is 14.4. The van der Waals surface area contributed by atoms with E-state index < -0.39 is 0 Å². The van der Waals surface area contributed by atoms with Crippen LogP contribution in [0.4, 0.5) is 5.82 Å². The molecule has 25 heavy (non-hydrogen) atoms. The molecule has 1 amide bonds. The van der Waals surface area contributed by atoms with Crippen LogP contribution in [0.5, 0.6) is 0 Å². The summed E-state index contributed by atoms with van der Waals surface area (Å²) in [6, 6.07) is 5.18. The highest BCUT2D eigenvalue weighted by Crippen LogP contribution is 2.36. The minimum absolute atomic E-state index is 0.0354. The molecule has 2 aliphatic rings. The van der Waals surface area contributed by atoms with E-state index in [1.165, 1.54) is 17.3 Å². The monoisotopic (exact) mass is 341 g/mol. The molecule has 1 aliphatic heterocycles. The smallest absolute Gasteiger partial charge is 0.249 e. The maximum Gasteiger partial charge on any atom is 0.249 e. The molecular weight excluding hydrogens is 318 g/mol. The quantitative estimate of drug-likeness (QED) is 0.857. The van der Waals surface area contributed by atoms with Gasteiger partial charge in [-0.05, 0) is 30.4 Å². The Hall–Kier alpha value is -2.57. The molecule has 0 saturated carbocycles. The van der Waals surface area contributed by atoms with Gasteiger partial charge >= 0.3 is 0 Å². The average molecular weight is 341 g/mol. The molecule has 2 aromatic heterocycles. The summed E-state index contributed by atoms with van der Waals surface area (Å²) in [5.74, 6) is 1.32. The van der Waals surface area contributed by atoms with Gasteiger partial charge in [0, 0.05) is 43.9 Å². The highest BCUT2D eigenvalue weighted by Gasteiger charge is 2.35. The zero-order chi connectivity index (χ0) is 17.4. The van der Waals surface area contributed by atoms with Crippen molar-refractivity contribution in [1.29, 1.82) is 0 Å². The third-order valence-corrected chi connectivity index (χ3v) is 5.55. The summed E-state index contributed by atoms with van der Waals surface area (Å²) in [6.45, 7) is 4.99. The van der Waals surface area contributed by atoms with Crippen molar-refractivity contribution in [3.8, 4) is 0 Å². The first-order valence-electron chi connectivity index (χ1n) is 8.88. The maximum atomic E-state index is 13.0. The van der Waals surface area contributed by atoms with Crippen molar-refractivity contribution >= 4 is 11.7 Å². The number of aromatic amines is 2. The number of fused-ring (bicyclic) bond motifs is 1. The van der Waals surface area contributed by atoms with Crippen LogP contribution in [0.1, 0.15) is 30.5 Å². The number of hydrogen-bond donors (Lipinski definition) is 2. The second-order valence-electron chi connectivity index (χ2n) is 6.95. The lowest BCUT2D eigenvalue weighted by Crippen LogP contribution is -2.51. The maximum absolute atomic E-state index is 13.0. The van der Waals surface area contributed by atoms with E-state index in [0.29, 0.717) is 13.1 Å². The summed E-state index contributed by atoms with van der Waals surface area (Å²) in [7, 11) is 0. The minimum atomic E-state index is -0.0945. The second-order valence-corrected chi connectivity index (χ2v) is 6.95. The molecule has 1 saturated heterocycles. The van der Waals surface area contributed by atoms with Crippen molar-refractivity contribution in [3.05, 3.63) is 46.0 Å². The number of aromatic nitrogens is 3. The van der Waals surface area contributed by atoms with Crippen molar-refractivity contribution in [2.75, 3.05) is 31.1 Å². The number of piperazine rings is 1. The third-order valence-electron chi connectivity index (χ3n) is 5.55. The van der Waals surface area contributed by atoms with E-state index >= 15 is 0 Å². The van der Waals surface area contributed by atoms with Gasteiger partial charge in [0.25, 0.3) is 0 Å². The molecule has 1 fully saturated rings. The molecule has 2 atom stereocenters. The van der Waals surface area contributed by atoms with E-state index in [2.05, 4.69) is 27.0 Å². The first-order valence-corrected chi connectivity index (χ1v) is 8.88. The number of aryl methyl sites for hydroxylation is 1. The van der Waals surface area contributed by atoms with Gasteiger partial charge in [0.2, 0.25) is 11.5 Å². The van der Waals surface area contributed by atoms with Crippen molar-refractivity contribution in [3.63, 3.8) is 0 Å². The van der Waals surface area contributed by atoms with Gasteiger partial charge in [0.15, 0.2) is 0 Å². The lowest BCUT2D eigenvalue weighted by Gasteiger charge is -2.39. The number of amides is 1. The fourth-order valence-electron chi connectivity index (χ4n) is 4.04. The van der Waals surface area contributed by atoms with Crippen LogP contribution in [0, 0.1) is 5.92 Å². The fourth-order valence-corrected chi connectivity index (χ4v) is 4.04. The minimum Gasteiger partial charge on any atom is -0.355 e. The van der Waals surface area contributed by atoms with Crippen molar-refractivity contribution in [2.45, 2.75) is 25.7 Å². The van der Waals surface area contributed by atoms with E-state index in [0.717, 1.165) is 31.7 Å². The summed E-state index contributed by atoms with van der Waals surface area (Å²) in [5, 5.41) is 7.17. The summed E-state index contributed by atoms with van der Waals surface area (Å²) in [6.07, 6.45) is 3.63. The number of anilines is 1. The van der Waals surface area contributed by atoms with Gasteiger partial charge in [-0.2, -0.15) is 5.10 Å². The molecule has 2 aromatic rings. The number of carbonyl (C=O) groups is 1. The van der Waals surface area contributed by atoms with Crippen LogP contribution in [-0.2, 0) is 11.2 Å². The second kappa shape index (κ2) is 6.38. The molecule has 132 valence electrons. The van der Waals surface area contributed by atoms with E-state index in [4.69, 9.17) is 0 Å². The normalized spacial score (nSPS) is 23.4. The lowest BCUT2D eigenvalue weighted by atomic mass is 9.78. The van der Waals surface area contributed by atoms with Gasteiger partial charge in [0.05, 0.1) is 6.20 Å². The molecule has 7 nitrogen and oxygen atoms in total. The van der Waals surface area contributed by atoms with Crippen LogP contribution >= 0.6 is 0 Å². The Bertz CT molecular complexity index is 819. The van der Waals surface area contributed by atoms with E-state index in [-0.39, 0.29) is 23.3 Å². The van der Waals surface area contributed by atoms with Gasteiger partial charge in [-0.25, -0.2) is 0 Å². The fraction of sp³-hybridized carbons (Fsp3) is 0.500. The van der Waals surface area contributed by atoms with Crippen LogP contribution in [0.2, 0.25) is 0 Å². The van der Waals surface area contributed by atoms with Crippen LogP contribution in [-0.4, -0.2) is 52.2 Å². The van der Waals surface area contributed by atoms with Crippen molar-refractivity contribution in [1.82, 2.24) is 20.1 Å². The first kappa shape index (κ1) is 15.9. The molecule has 7 heteroatoms. The van der Waals surface area contributed by atoms with Crippen LogP contribution < -0.4 is 10.5 Å². The van der Waals surface area contributed by atoms with Crippen LogP contribution in [0.25, 0.3) is 0 Å². The van der Waals surface area contributed by atoms with Crippen molar-refractivity contribution in [2.24, 2.45) is 5.92 Å². The molecule has 3 heterocycles. The predicted molar refractivity (Wildman–Crippen MR) is 94.7 cm³/mol. The van der Waals surface area contributed by atoms with Gasteiger partial charge in [-0.3, -0.25) is 14.7 Å². The molecule has 2 N–H and O–H groups in total. The lowest BCUT2D eigenvalue weighted by molar-refractivity contribution is -0.137. The largest absolute Gasteiger partial charge is 0.355 e. The Morgan fingerprint density at radius 2 is 2.04 bits per heavy atom. The number of carbonyl (C=O) groups excluding carboxylic acids is 1.